The Hall–Kier alpha value is -0.240. The van der Waals surface area contributed by atoms with Crippen molar-refractivity contribution in [3.63, 3.8) is 0 Å². The van der Waals surface area contributed by atoms with E-state index < -0.39 is 43.1 Å². The molecular formula is C22H45NO5. The fourth-order valence-electron chi connectivity index (χ4n) is 3.87. The molecule has 0 bridgehead atoms. The minimum Gasteiger partial charge on any atom is -0.394 e. The Labute approximate surface area is 172 Å². The van der Waals surface area contributed by atoms with Gasteiger partial charge in [-0.3, -0.25) is 0 Å². The second-order valence-corrected chi connectivity index (χ2v) is 8.33. The molecule has 0 aromatic heterocycles. The normalized spacial score (nSPS) is 32.3. The molecule has 6 N–H and O–H groups in total. The molecule has 6 nitrogen and oxygen atoms in total. The predicted octanol–water partition coefficient (Wildman–Crippen LogP) is 2.99. The van der Waals surface area contributed by atoms with E-state index in [4.69, 9.17) is 11.8 Å². The van der Waals surface area contributed by atoms with Crippen molar-refractivity contribution in [2.75, 3.05) is 6.61 Å². The van der Waals surface area contributed by atoms with Crippen LogP contribution >= 0.6 is 0 Å². The molecule has 0 aromatic carbocycles. The van der Waals surface area contributed by atoms with Gasteiger partial charge in [0.1, 0.15) is 18.3 Å². The zero-order valence-electron chi connectivity index (χ0n) is 18.8. The van der Waals surface area contributed by atoms with E-state index in [0.717, 1.165) is 19.3 Å². The SMILES string of the molecule is [2H]C(CCCCCCCCCCCCCCC)C1(O)O[C@H](CO)[C@@H](O)[C@H](O)[C@@H]1N. The molecule has 6 heteroatoms. The summed E-state index contributed by atoms with van der Waals surface area (Å²) in [6, 6.07) is -1.29. The fraction of sp³-hybridized carbons (Fsp3) is 1.00. The van der Waals surface area contributed by atoms with Gasteiger partial charge in [0, 0.05) is 7.77 Å². The highest BCUT2D eigenvalue weighted by Crippen LogP contribution is 2.31. The number of nitrogens with two attached hydrogens (primary N) is 1. The van der Waals surface area contributed by atoms with E-state index >= 15 is 0 Å². The first-order valence-electron chi connectivity index (χ1n) is 12.0. The van der Waals surface area contributed by atoms with Crippen molar-refractivity contribution in [2.24, 2.45) is 5.73 Å². The molecule has 168 valence electrons. The molecule has 1 aliphatic heterocycles. The van der Waals surface area contributed by atoms with Crippen LogP contribution < -0.4 is 5.73 Å². The summed E-state index contributed by atoms with van der Waals surface area (Å²) in [4.78, 5) is 0. The Morgan fingerprint density at radius 3 is 1.68 bits per heavy atom. The van der Waals surface area contributed by atoms with Crippen LogP contribution in [0.1, 0.15) is 105 Å². The van der Waals surface area contributed by atoms with E-state index in [0.29, 0.717) is 6.42 Å². The standard InChI is InChI=1S/C22H45NO5/c1-2-3-4-5-6-7-8-9-10-11-12-13-14-15-16-22(27)21(23)20(26)19(25)18(17-24)28-22/h18-21,24-27H,2-17,23H2,1H3/t18-,19-,20+,21+,22?/m1/s1/i16D/t16?,18-,19-,20+,21+,22?. The first-order chi connectivity index (χ1) is 13.9. The van der Waals surface area contributed by atoms with Crippen molar-refractivity contribution >= 4 is 0 Å². The van der Waals surface area contributed by atoms with Gasteiger partial charge in [0.2, 0.25) is 0 Å². The van der Waals surface area contributed by atoms with E-state index in [1.165, 1.54) is 64.2 Å². The maximum absolute atomic E-state index is 10.7. The molecule has 0 aliphatic carbocycles. The number of hydrogen-bond acceptors (Lipinski definition) is 6. The molecule has 1 rings (SSSR count). The lowest BCUT2D eigenvalue weighted by Crippen LogP contribution is -2.68. The fourth-order valence-corrected chi connectivity index (χ4v) is 3.87. The van der Waals surface area contributed by atoms with Crippen molar-refractivity contribution < 1.29 is 26.5 Å². The number of unbranched alkanes of at least 4 members (excludes halogenated alkanes) is 12. The first kappa shape index (κ1) is 24.0. The predicted molar refractivity (Wildman–Crippen MR) is 112 cm³/mol. The van der Waals surface area contributed by atoms with Gasteiger partial charge < -0.3 is 30.9 Å². The minimum absolute atomic E-state index is 0.392. The Bertz CT molecular complexity index is 415. The van der Waals surface area contributed by atoms with E-state index in [1.54, 1.807) is 0 Å². The van der Waals surface area contributed by atoms with Crippen molar-refractivity contribution in [3.8, 4) is 0 Å². The molecule has 1 fully saturated rings. The highest BCUT2D eigenvalue weighted by Gasteiger charge is 2.50. The third-order valence-electron chi connectivity index (χ3n) is 5.84. The maximum atomic E-state index is 10.7. The van der Waals surface area contributed by atoms with Crippen LogP contribution in [-0.2, 0) is 4.74 Å². The lowest BCUT2D eigenvalue weighted by atomic mass is 9.88. The first-order valence-corrected chi connectivity index (χ1v) is 11.4. The van der Waals surface area contributed by atoms with Crippen LogP contribution in [0.4, 0.5) is 0 Å². The van der Waals surface area contributed by atoms with Gasteiger partial charge in [0.05, 0.1) is 12.6 Å². The zero-order valence-corrected chi connectivity index (χ0v) is 17.8. The molecule has 0 saturated carbocycles. The summed E-state index contributed by atoms with van der Waals surface area (Å²) in [5.74, 6) is -2.07. The molecule has 1 saturated heterocycles. The van der Waals surface area contributed by atoms with Gasteiger partial charge >= 0.3 is 0 Å². The number of aliphatic hydroxyl groups excluding tert-OH is 3. The Kier molecular flexibility index (Phi) is 12.6. The molecule has 0 spiro atoms. The lowest BCUT2D eigenvalue weighted by Gasteiger charge is -2.46. The molecule has 0 radical (unpaired) electrons. The molecule has 0 aromatic rings. The molecule has 2 unspecified atom stereocenters. The average Bonchev–Trinajstić information content (AvgIpc) is 2.72. The molecule has 1 aliphatic rings. The smallest absolute Gasteiger partial charge is 0.184 e. The average molecular weight is 405 g/mol. The van der Waals surface area contributed by atoms with Crippen molar-refractivity contribution in [1.29, 1.82) is 0 Å². The monoisotopic (exact) mass is 404 g/mol. The van der Waals surface area contributed by atoms with Crippen LogP contribution in [0.5, 0.6) is 0 Å². The Balaban J connectivity index is 2.12. The highest BCUT2D eigenvalue weighted by atomic mass is 16.6. The van der Waals surface area contributed by atoms with Crippen LogP contribution in [0.3, 0.4) is 0 Å². The highest BCUT2D eigenvalue weighted by molar-refractivity contribution is 4.98. The summed E-state index contributed by atoms with van der Waals surface area (Å²) < 4.78 is 13.6. The van der Waals surface area contributed by atoms with Gasteiger partial charge in [-0.05, 0) is 6.42 Å². The lowest BCUT2D eigenvalue weighted by molar-refractivity contribution is -0.316. The quantitative estimate of drug-likeness (QED) is 0.253. The summed E-state index contributed by atoms with van der Waals surface area (Å²) in [7, 11) is 0. The summed E-state index contributed by atoms with van der Waals surface area (Å²) in [6.07, 6.45) is 11.4. The van der Waals surface area contributed by atoms with Gasteiger partial charge in [-0.1, -0.05) is 90.4 Å². The topological polar surface area (TPSA) is 116 Å². The number of hydrogen-bond donors (Lipinski definition) is 5. The van der Waals surface area contributed by atoms with Crippen molar-refractivity contribution in [1.82, 2.24) is 0 Å². The molecular weight excluding hydrogens is 358 g/mol. The van der Waals surface area contributed by atoms with Gasteiger partial charge in [-0.2, -0.15) is 0 Å². The summed E-state index contributed by atoms with van der Waals surface area (Å²) in [6.45, 7) is 1.69. The van der Waals surface area contributed by atoms with Crippen molar-refractivity contribution in [2.45, 2.75) is 133 Å². The molecule has 0 amide bonds. The van der Waals surface area contributed by atoms with E-state index in [9.17, 15) is 20.4 Å². The Morgan fingerprint density at radius 1 is 0.821 bits per heavy atom. The van der Waals surface area contributed by atoms with Crippen LogP contribution in [0.15, 0.2) is 0 Å². The van der Waals surface area contributed by atoms with E-state index in [-0.39, 0.29) is 0 Å². The second-order valence-electron chi connectivity index (χ2n) is 8.33. The summed E-state index contributed by atoms with van der Waals surface area (Å²) >= 11 is 0. The van der Waals surface area contributed by atoms with E-state index in [1.807, 2.05) is 0 Å². The van der Waals surface area contributed by atoms with Crippen LogP contribution in [-0.4, -0.2) is 57.2 Å². The molecule has 6 atom stereocenters. The maximum Gasteiger partial charge on any atom is 0.184 e. The largest absolute Gasteiger partial charge is 0.394 e. The number of rotatable bonds is 16. The minimum atomic E-state index is -2.07. The van der Waals surface area contributed by atoms with Gasteiger partial charge in [0.25, 0.3) is 0 Å². The number of ether oxygens (including phenoxy) is 1. The van der Waals surface area contributed by atoms with Crippen LogP contribution in [0.2, 0.25) is 0 Å². The van der Waals surface area contributed by atoms with Gasteiger partial charge in [-0.15, -0.1) is 0 Å². The number of aliphatic hydroxyl groups is 4. The molecule has 28 heavy (non-hydrogen) atoms. The van der Waals surface area contributed by atoms with Crippen molar-refractivity contribution in [3.05, 3.63) is 0 Å². The Morgan fingerprint density at radius 2 is 1.25 bits per heavy atom. The van der Waals surface area contributed by atoms with Crippen LogP contribution in [0, 0.1) is 0 Å². The van der Waals surface area contributed by atoms with E-state index in [2.05, 4.69) is 6.92 Å². The van der Waals surface area contributed by atoms with Crippen LogP contribution in [0.25, 0.3) is 0 Å². The third-order valence-corrected chi connectivity index (χ3v) is 5.84. The van der Waals surface area contributed by atoms with Gasteiger partial charge in [-0.25, -0.2) is 0 Å². The third kappa shape index (κ3) is 9.06. The van der Waals surface area contributed by atoms with Gasteiger partial charge in [0.15, 0.2) is 5.79 Å². The summed E-state index contributed by atoms with van der Waals surface area (Å²) in [5.41, 5.74) is 5.82. The second kappa shape index (κ2) is 14.7. The zero-order chi connectivity index (χ0) is 21.7. The molecule has 1 heterocycles. The summed E-state index contributed by atoms with van der Waals surface area (Å²) in [5, 5.41) is 39.8.